The van der Waals surface area contributed by atoms with Gasteiger partial charge in [-0.05, 0) is 11.6 Å². The predicted molar refractivity (Wildman–Crippen MR) is 76.2 cm³/mol. The van der Waals surface area contributed by atoms with Gasteiger partial charge in [0.05, 0.1) is 18.1 Å². The van der Waals surface area contributed by atoms with Crippen LogP contribution >= 0.6 is 0 Å². The smallest absolute Gasteiger partial charge is 0.0934 e. The van der Waals surface area contributed by atoms with E-state index in [1.807, 2.05) is 36.4 Å². The van der Waals surface area contributed by atoms with E-state index in [1.165, 1.54) is 0 Å². The Bertz CT molecular complexity index is 656. The summed E-state index contributed by atoms with van der Waals surface area (Å²) in [6.07, 6.45) is 5.44. The Morgan fingerprint density at radius 3 is 2.00 bits per heavy atom. The normalized spacial score (nSPS) is 11.5. The van der Waals surface area contributed by atoms with Crippen LogP contribution in [-0.2, 0) is 0 Å². The molecule has 0 aliphatic carbocycles. The Labute approximate surface area is 111 Å². The van der Waals surface area contributed by atoms with E-state index in [9.17, 15) is 0 Å². The summed E-state index contributed by atoms with van der Waals surface area (Å²) >= 11 is 0. The van der Waals surface area contributed by atoms with Gasteiger partial charge in [-0.1, -0.05) is 60.7 Å². The zero-order valence-corrected chi connectivity index (χ0v) is 10.3. The van der Waals surface area contributed by atoms with E-state index in [0.29, 0.717) is 0 Å². The third-order valence-electron chi connectivity index (χ3n) is 2.81. The molecule has 0 aliphatic heterocycles. The lowest BCUT2D eigenvalue weighted by Crippen LogP contribution is -2.02. The van der Waals surface area contributed by atoms with Crippen molar-refractivity contribution in [2.24, 2.45) is 0 Å². The van der Waals surface area contributed by atoms with Gasteiger partial charge in [0.25, 0.3) is 0 Å². The SMILES string of the molecule is C(=C(c1ccccc1)n1nccn1)c1ccccc1. The number of hydrogen-bond donors (Lipinski definition) is 0. The molecule has 0 saturated carbocycles. The molecule has 0 fully saturated rings. The number of rotatable bonds is 3. The highest BCUT2D eigenvalue weighted by Crippen LogP contribution is 2.18. The highest BCUT2D eigenvalue weighted by molar-refractivity contribution is 5.80. The molecule has 1 heterocycles. The summed E-state index contributed by atoms with van der Waals surface area (Å²) in [6.45, 7) is 0. The van der Waals surface area contributed by atoms with Gasteiger partial charge in [0, 0.05) is 5.56 Å². The third-order valence-corrected chi connectivity index (χ3v) is 2.81. The molecule has 1 aromatic heterocycles. The van der Waals surface area contributed by atoms with Crippen LogP contribution in [0.15, 0.2) is 73.1 Å². The van der Waals surface area contributed by atoms with Gasteiger partial charge in [-0.15, -0.1) is 0 Å². The maximum Gasteiger partial charge on any atom is 0.0934 e. The van der Waals surface area contributed by atoms with Crippen LogP contribution in [0.5, 0.6) is 0 Å². The molecule has 3 rings (SSSR count). The van der Waals surface area contributed by atoms with Gasteiger partial charge in [0.2, 0.25) is 0 Å². The van der Waals surface area contributed by atoms with Crippen LogP contribution in [0.4, 0.5) is 0 Å². The Morgan fingerprint density at radius 2 is 1.37 bits per heavy atom. The largest absolute Gasteiger partial charge is 0.157 e. The fourth-order valence-corrected chi connectivity index (χ4v) is 1.91. The van der Waals surface area contributed by atoms with Crippen molar-refractivity contribution >= 4 is 11.8 Å². The first-order chi connectivity index (χ1) is 9.43. The van der Waals surface area contributed by atoms with Crippen molar-refractivity contribution in [3.8, 4) is 0 Å². The van der Waals surface area contributed by atoms with E-state index in [-0.39, 0.29) is 0 Å². The quantitative estimate of drug-likeness (QED) is 0.665. The summed E-state index contributed by atoms with van der Waals surface area (Å²) in [5, 5.41) is 8.45. The van der Waals surface area contributed by atoms with Crippen LogP contribution in [0.3, 0.4) is 0 Å². The molecular weight excluding hydrogens is 234 g/mol. The van der Waals surface area contributed by atoms with Crippen LogP contribution in [0.2, 0.25) is 0 Å². The van der Waals surface area contributed by atoms with Crippen LogP contribution in [-0.4, -0.2) is 15.0 Å². The van der Waals surface area contributed by atoms with Crippen LogP contribution < -0.4 is 0 Å². The molecule has 0 bridgehead atoms. The summed E-state index contributed by atoms with van der Waals surface area (Å²) < 4.78 is 0. The van der Waals surface area contributed by atoms with Crippen molar-refractivity contribution in [1.29, 1.82) is 0 Å². The van der Waals surface area contributed by atoms with Crippen molar-refractivity contribution in [3.05, 3.63) is 84.2 Å². The lowest BCUT2D eigenvalue weighted by atomic mass is 10.1. The van der Waals surface area contributed by atoms with Gasteiger partial charge in [-0.3, -0.25) is 0 Å². The van der Waals surface area contributed by atoms with Crippen molar-refractivity contribution < 1.29 is 0 Å². The fraction of sp³-hybridized carbons (Fsp3) is 0. The second-order valence-corrected chi connectivity index (χ2v) is 4.12. The molecule has 0 atom stereocenters. The van der Waals surface area contributed by atoms with E-state index >= 15 is 0 Å². The standard InChI is InChI=1S/C16H13N3/c1-3-7-14(8-4-1)13-16(19-17-11-12-18-19)15-9-5-2-6-10-15/h1-13H. The highest BCUT2D eigenvalue weighted by Gasteiger charge is 2.05. The van der Waals surface area contributed by atoms with E-state index in [1.54, 1.807) is 17.2 Å². The van der Waals surface area contributed by atoms with Gasteiger partial charge in [0.15, 0.2) is 0 Å². The predicted octanol–water partition coefficient (Wildman–Crippen LogP) is 3.32. The lowest BCUT2D eigenvalue weighted by Gasteiger charge is -2.06. The topological polar surface area (TPSA) is 30.7 Å². The minimum atomic E-state index is 0.955. The minimum Gasteiger partial charge on any atom is -0.157 e. The van der Waals surface area contributed by atoms with Crippen molar-refractivity contribution in [2.75, 3.05) is 0 Å². The van der Waals surface area contributed by atoms with E-state index in [0.717, 1.165) is 16.8 Å². The zero-order chi connectivity index (χ0) is 12.9. The van der Waals surface area contributed by atoms with Crippen LogP contribution in [0.1, 0.15) is 11.1 Å². The van der Waals surface area contributed by atoms with Gasteiger partial charge < -0.3 is 0 Å². The van der Waals surface area contributed by atoms with Gasteiger partial charge in [-0.25, -0.2) is 0 Å². The Balaban J connectivity index is 2.10. The second-order valence-electron chi connectivity index (χ2n) is 4.12. The number of benzene rings is 2. The zero-order valence-electron chi connectivity index (χ0n) is 10.3. The molecule has 0 saturated heterocycles. The van der Waals surface area contributed by atoms with Crippen molar-refractivity contribution in [3.63, 3.8) is 0 Å². The highest BCUT2D eigenvalue weighted by atomic mass is 15.5. The number of aromatic nitrogens is 3. The monoisotopic (exact) mass is 247 g/mol. The molecule has 2 aromatic carbocycles. The first kappa shape index (κ1) is 11.4. The van der Waals surface area contributed by atoms with Crippen LogP contribution in [0, 0.1) is 0 Å². The molecule has 0 N–H and O–H groups in total. The van der Waals surface area contributed by atoms with E-state index in [4.69, 9.17) is 0 Å². The first-order valence-electron chi connectivity index (χ1n) is 6.12. The molecular formula is C16H13N3. The Morgan fingerprint density at radius 1 is 0.789 bits per heavy atom. The van der Waals surface area contributed by atoms with Gasteiger partial charge in [-0.2, -0.15) is 15.0 Å². The molecule has 0 spiro atoms. The first-order valence-corrected chi connectivity index (χ1v) is 6.12. The maximum absolute atomic E-state index is 4.23. The Kier molecular flexibility index (Phi) is 3.19. The van der Waals surface area contributed by atoms with E-state index < -0.39 is 0 Å². The third kappa shape index (κ3) is 2.60. The molecule has 3 heteroatoms. The summed E-state index contributed by atoms with van der Waals surface area (Å²) in [7, 11) is 0. The van der Waals surface area contributed by atoms with Gasteiger partial charge in [0.1, 0.15) is 0 Å². The second kappa shape index (κ2) is 5.31. The van der Waals surface area contributed by atoms with Crippen molar-refractivity contribution in [2.45, 2.75) is 0 Å². The van der Waals surface area contributed by atoms with E-state index in [2.05, 4.69) is 40.5 Å². The van der Waals surface area contributed by atoms with Crippen LogP contribution in [0.25, 0.3) is 11.8 Å². The molecule has 3 aromatic rings. The molecule has 92 valence electrons. The average molecular weight is 247 g/mol. The molecule has 0 aliphatic rings. The summed E-state index contributed by atoms with van der Waals surface area (Å²) in [6, 6.07) is 20.3. The molecule has 0 radical (unpaired) electrons. The van der Waals surface area contributed by atoms with Gasteiger partial charge >= 0.3 is 0 Å². The molecule has 19 heavy (non-hydrogen) atoms. The average Bonchev–Trinajstić information content (AvgIpc) is 3.01. The fourth-order valence-electron chi connectivity index (χ4n) is 1.91. The molecule has 0 unspecified atom stereocenters. The maximum atomic E-state index is 4.23. The summed E-state index contributed by atoms with van der Waals surface area (Å²) in [4.78, 5) is 1.64. The molecule has 3 nitrogen and oxygen atoms in total. The summed E-state index contributed by atoms with van der Waals surface area (Å²) in [5.41, 5.74) is 3.16. The Hall–Kier alpha value is -2.68. The number of nitrogens with zero attached hydrogens (tertiary/aromatic N) is 3. The lowest BCUT2D eigenvalue weighted by molar-refractivity contribution is 0.775. The number of hydrogen-bond acceptors (Lipinski definition) is 2. The van der Waals surface area contributed by atoms with Crippen molar-refractivity contribution in [1.82, 2.24) is 15.0 Å². The molecule has 0 amide bonds. The minimum absolute atomic E-state index is 0.955. The summed E-state index contributed by atoms with van der Waals surface area (Å²) in [5.74, 6) is 0.